The van der Waals surface area contributed by atoms with Crippen molar-refractivity contribution in [3.63, 3.8) is 0 Å². The van der Waals surface area contributed by atoms with Crippen LogP contribution in [0.4, 0.5) is 5.69 Å². The molecule has 32 heavy (non-hydrogen) atoms. The van der Waals surface area contributed by atoms with Crippen molar-refractivity contribution < 1.29 is 19.5 Å². The highest BCUT2D eigenvalue weighted by molar-refractivity contribution is 5.85. The lowest BCUT2D eigenvalue weighted by Gasteiger charge is -2.25. The number of aliphatic carboxylic acids is 1. The van der Waals surface area contributed by atoms with Crippen molar-refractivity contribution in [2.75, 3.05) is 18.8 Å². The summed E-state index contributed by atoms with van der Waals surface area (Å²) in [6.07, 6.45) is 2.87. The van der Waals surface area contributed by atoms with E-state index in [4.69, 9.17) is 10.8 Å². The first-order chi connectivity index (χ1) is 15.4. The highest BCUT2D eigenvalue weighted by atomic mass is 16.4. The van der Waals surface area contributed by atoms with Gasteiger partial charge in [-0.05, 0) is 48.9 Å². The van der Waals surface area contributed by atoms with Crippen LogP contribution in [0.25, 0.3) is 0 Å². The second-order valence-electron chi connectivity index (χ2n) is 8.35. The number of hydrogen-bond acceptors (Lipinski definition) is 4. The molecule has 0 aromatic heterocycles. The smallest absolute Gasteiger partial charge is 0.304 e. The zero-order valence-electron chi connectivity index (χ0n) is 18.2. The van der Waals surface area contributed by atoms with Crippen molar-refractivity contribution in [2.24, 2.45) is 5.92 Å². The third-order valence-electron chi connectivity index (χ3n) is 5.91. The van der Waals surface area contributed by atoms with E-state index in [0.717, 1.165) is 18.4 Å². The fourth-order valence-corrected chi connectivity index (χ4v) is 4.20. The summed E-state index contributed by atoms with van der Waals surface area (Å²) < 4.78 is 0. The molecule has 0 saturated carbocycles. The van der Waals surface area contributed by atoms with Crippen molar-refractivity contribution in [1.29, 1.82) is 0 Å². The number of carboxylic acid groups (broad SMARTS) is 1. The van der Waals surface area contributed by atoms with Crippen LogP contribution < -0.4 is 11.1 Å². The van der Waals surface area contributed by atoms with Gasteiger partial charge in [-0.25, -0.2) is 0 Å². The molecule has 0 radical (unpaired) electrons. The number of anilines is 1. The molecule has 7 nitrogen and oxygen atoms in total. The second-order valence-corrected chi connectivity index (χ2v) is 8.35. The van der Waals surface area contributed by atoms with Gasteiger partial charge >= 0.3 is 5.97 Å². The van der Waals surface area contributed by atoms with Gasteiger partial charge in [0.25, 0.3) is 0 Å². The molecular formula is C25H31N3O4. The lowest BCUT2D eigenvalue weighted by Crippen LogP contribution is -2.42. The molecule has 7 heteroatoms. The summed E-state index contributed by atoms with van der Waals surface area (Å²) in [6.45, 7) is 0.892. The molecule has 1 fully saturated rings. The van der Waals surface area contributed by atoms with Gasteiger partial charge in [0.15, 0.2) is 0 Å². The summed E-state index contributed by atoms with van der Waals surface area (Å²) in [5, 5.41) is 12.1. The molecule has 0 bridgehead atoms. The van der Waals surface area contributed by atoms with Crippen LogP contribution in [0.3, 0.4) is 0 Å². The van der Waals surface area contributed by atoms with Gasteiger partial charge in [-0.2, -0.15) is 0 Å². The highest BCUT2D eigenvalue weighted by Gasteiger charge is 2.39. The predicted octanol–water partition coefficient (Wildman–Crippen LogP) is 2.64. The maximum Gasteiger partial charge on any atom is 0.304 e. The first-order valence-electron chi connectivity index (χ1n) is 11.1. The molecule has 2 aromatic carbocycles. The normalized spacial score (nSPS) is 18.0. The van der Waals surface area contributed by atoms with E-state index in [-0.39, 0.29) is 24.3 Å². The van der Waals surface area contributed by atoms with Crippen LogP contribution in [-0.2, 0) is 27.2 Å². The molecule has 1 aliphatic heterocycles. The van der Waals surface area contributed by atoms with Gasteiger partial charge in [0.05, 0.1) is 12.3 Å². The summed E-state index contributed by atoms with van der Waals surface area (Å²) in [5.41, 5.74) is 8.61. The molecule has 2 aromatic rings. The first kappa shape index (κ1) is 23.3. The molecule has 2 atom stereocenters. The molecule has 0 spiro atoms. The number of nitrogen functional groups attached to an aromatic ring is 1. The Labute approximate surface area is 188 Å². The number of nitrogens with zero attached hydrogens (tertiary/aromatic N) is 1. The summed E-state index contributed by atoms with van der Waals surface area (Å²) in [4.78, 5) is 38.1. The Bertz CT molecular complexity index is 915. The maximum absolute atomic E-state index is 12.8. The van der Waals surface area contributed by atoms with Gasteiger partial charge in [0.1, 0.15) is 0 Å². The van der Waals surface area contributed by atoms with E-state index < -0.39 is 11.9 Å². The summed E-state index contributed by atoms with van der Waals surface area (Å²) in [5.74, 6) is -1.71. The fourth-order valence-electron chi connectivity index (χ4n) is 4.20. The third kappa shape index (κ3) is 6.83. The maximum atomic E-state index is 12.8. The van der Waals surface area contributed by atoms with Crippen LogP contribution in [0.5, 0.6) is 0 Å². The Balaban J connectivity index is 1.52. The van der Waals surface area contributed by atoms with Crippen molar-refractivity contribution >= 4 is 23.5 Å². The lowest BCUT2D eigenvalue weighted by molar-refractivity contribution is -0.142. The Hall–Kier alpha value is -3.35. The third-order valence-corrected chi connectivity index (χ3v) is 5.91. The lowest BCUT2D eigenvalue weighted by atomic mass is 10.0. The molecule has 2 amide bonds. The number of benzene rings is 2. The van der Waals surface area contributed by atoms with Crippen LogP contribution in [-0.4, -0.2) is 46.9 Å². The average molecular weight is 438 g/mol. The van der Waals surface area contributed by atoms with Crippen molar-refractivity contribution in [2.45, 2.75) is 44.6 Å². The van der Waals surface area contributed by atoms with Crippen LogP contribution in [0.2, 0.25) is 0 Å². The van der Waals surface area contributed by atoms with Gasteiger partial charge in [0, 0.05) is 31.2 Å². The number of nitrogens with one attached hydrogen (secondary N) is 1. The largest absolute Gasteiger partial charge is 0.481 e. The Morgan fingerprint density at radius 2 is 1.72 bits per heavy atom. The summed E-state index contributed by atoms with van der Waals surface area (Å²) in [6, 6.07) is 17.3. The molecule has 0 unspecified atom stereocenters. The topological polar surface area (TPSA) is 113 Å². The Morgan fingerprint density at radius 1 is 1.03 bits per heavy atom. The molecule has 1 aliphatic rings. The number of hydrogen-bond donors (Lipinski definition) is 3. The van der Waals surface area contributed by atoms with Gasteiger partial charge in [0.2, 0.25) is 11.8 Å². The van der Waals surface area contributed by atoms with E-state index in [1.807, 2.05) is 42.5 Å². The Kier molecular flexibility index (Phi) is 8.25. The van der Waals surface area contributed by atoms with Gasteiger partial charge in [-0.1, -0.05) is 42.5 Å². The molecule has 1 saturated heterocycles. The van der Waals surface area contributed by atoms with Gasteiger partial charge in [-0.15, -0.1) is 0 Å². The van der Waals surface area contributed by atoms with E-state index in [0.29, 0.717) is 38.0 Å². The predicted molar refractivity (Wildman–Crippen MR) is 123 cm³/mol. The highest BCUT2D eigenvalue weighted by Crippen LogP contribution is 2.27. The van der Waals surface area contributed by atoms with Crippen LogP contribution in [0.15, 0.2) is 54.6 Å². The quantitative estimate of drug-likeness (QED) is 0.468. The fraction of sp³-hybridized carbons (Fsp3) is 0.400. The minimum atomic E-state index is -0.972. The molecule has 0 aliphatic carbocycles. The molecule has 170 valence electrons. The molecular weight excluding hydrogens is 406 g/mol. The zero-order chi connectivity index (χ0) is 22.9. The summed E-state index contributed by atoms with van der Waals surface area (Å²) in [7, 11) is 0. The second kappa shape index (κ2) is 11.3. The van der Waals surface area contributed by atoms with E-state index >= 15 is 0 Å². The number of likely N-dealkylation sites (tertiary alicyclic amines) is 1. The summed E-state index contributed by atoms with van der Waals surface area (Å²) >= 11 is 0. The SMILES string of the molecule is Nc1ccc(CCC(=O)NC[C@@H]2C[C@@H](CC(=O)O)C(=O)N2CCCc2ccccc2)cc1. The molecule has 1 heterocycles. The van der Waals surface area contributed by atoms with Crippen LogP contribution in [0, 0.1) is 5.92 Å². The minimum absolute atomic E-state index is 0.0832. The number of carbonyl (C=O) groups is 3. The van der Waals surface area contributed by atoms with E-state index in [1.165, 1.54) is 5.56 Å². The van der Waals surface area contributed by atoms with E-state index in [1.54, 1.807) is 4.90 Å². The van der Waals surface area contributed by atoms with Gasteiger partial charge in [-0.3, -0.25) is 14.4 Å². The van der Waals surface area contributed by atoms with Crippen molar-refractivity contribution in [3.8, 4) is 0 Å². The number of carboxylic acids is 1. The number of carbonyl (C=O) groups excluding carboxylic acids is 2. The number of rotatable bonds is 11. The standard InChI is InChI=1S/C25H31N3O4/c26-21-11-8-19(9-12-21)10-13-23(29)27-17-22-15-20(16-24(30)31)25(32)28(22)14-4-7-18-5-2-1-3-6-18/h1-3,5-6,8-9,11-12,20,22H,4,7,10,13-17,26H2,(H,27,29)(H,30,31)/t20-,22-/m0/s1. The average Bonchev–Trinajstić information content (AvgIpc) is 3.06. The van der Waals surface area contributed by atoms with Crippen LogP contribution >= 0.6 is 0 Å². The van der Waals surface area contributed by atoms with Crippen molar-refractivity contribution in [1.82, 2.24) is 10.2 Å². The Morgan fingerprint density at radius 3 is 2.41 bits per heavy atom. The number of nitrogens with two attached hydrogens (primary N) is 1. The monoisotopic (exact) mass is 437 g/mol. The van der Waals surface area contributed by atoms with Crippen molar-refractivity contribution in [3.05, 3.63) is 65.7 Å². The number of aryl methyl sites for hydroxylation is 2. The van der Waals surface area contributed by atoms with Crippen LogP contribution in [0.1, 0.15) is 36.8 Å². The minimum Gasteiger partial charge on any atom is -0.481 e. The van der Waals surface area contributed by atoms with E-state index in [2.05, 4.69) is 17.4 Å². The van der Waals surface area contributed by atoms with Gasteiger partial charge < -0.3 is 21.1 Å². The zero-order valence-corrected chi connectivity index (χ0v) is 18.2. The van der Waals surface area contributed by atoms with E-state index in [9.17, 15) is 14.4 Å². The molecule has 3 rings (SSSR count). The number of amides is 2. The first-order valence-corrected chi connectivity index (χ1v) is 11.1. The molecule has 4 N–H and O–H groups in total.